The summed E-state index contributed by atoms with van der Waals surface area (Å²) in [5.41, 5.74) is 6.48. The lowest BCUT2D eigenvalue weighted by Gasteiger charge is -2.23. The SMILES string of the molecule is CCOP(=O)(OCC)[C@@H](N)c1cc(Cl)cc(Cl)c1. The van der Waals surface area contributed by atoms with Crippen LogP contribution in [0.3, 0.4) is 0 Å². The first kappa shape index (κ1) is 16.0. The Hall–Kier alpha value is -0.0900. The topological polar surface area (TPSA) is 61.5 Å². The zero-order valence-corrected chi connectivity index (χ0v) is 12.6. The van der Waals surface area contributed by atoms with Crippen molar-refractivity contribution in [3.05, 3.63) is 33.8 Å². The standard InChI is InChI=1S/C11H16Cl2NO3P/c1-3-16-18(15,17-4-2)11(14)8-5-9(12)7-10(13)6-8/h5-7,11H,3-4,14H2,1-2H3/t11-/m1/s1. The van der Waals surface area contributed by atoms with Gasteiger partial charge in [0.15, 0.2) is 0 Å². The molecular weight excluding hydrogens is 296 g/mol. The summed E-state index contributed by atoms with van der Waals surface area (Å²) in [5.74, 6) is -0.909. The zero-order chi connectivity index (χ0) is 13.8. The number of hydrogen-bond acceptors (Lipinski definition) is 4. The summed E-state index contributed by atoms with van der Waals surface area (Å²) in [6.07, 6.45) is 0. The monoisotopic (exact) mass is 311 g/mol. The van der Waals surface area contributed by atoms with Gasteiger partial charge >= 0.3 is 7.60 Å². The predicted molar refractivity (Wildman–Crippen MR) is 74.2 cm³/mol. The van der Waals surface area contributed by atoms with Crippen LogP contribution >= 0.6 is 30.8 Å². The van der Waals surface area contributed by atoms with Gasteiger partial charge in [-0.2, -0.15) is 0 Å². The fourth-order valence-corrected chi connectivity index (χ4v) is 3.66. The fraction of sp³-hybridized carbons (Fsp3) is 0.455. The van der Waals surface area contributed by atoms with Gasteiger partial charge in [-0.25, -0.2) is 0 Å². The van der Waals surface area contributed by atoms with Crippen molar-refractivity contribution in [2.45, 2.75) is 19.6 Å². The van der Waals surface area contributed by atoms with Crippen molar-refractivity contribution >= 4 is 30.8 Å². The van der Waals surface area contributed by atoms with Gasteiger partial charge < -0.3 is 14.8 Å². The molecule has 1 aromatic rings. The number of benzene rings is 1. The summed E-state index contributed by atoms with van der Waals surface area (Å²) in [6.45, 7) is 3.95. The van der Waals surface area contributed by atoms with Crippen molar-refractivity contribution in [3.8, 4) is 0 Å². The van der Waals surface area contributed by atoms with Crippen LogP contribution < -0.4 is 5.73 Å². The van der Waals surface area contributed by atoms with E-state index in [4.69, 9.17) is 38.0 Å². The second-order valence-electron chi connectivity index (χ2n) is 3.52. The van der Waals surface area contributed by atoms with Gasteiger partial charge in [-0.1, -0.05) is 23.2 Å². The first-order chi connectivity index (χ1) is 8.42. The van der Waals surface area contributed by atoms with Crippen molar-refractivity contribution in [3.63, 3.8) is 0 Å². The maximum absolute atomic E-state index is 12.5. The van der Waals surface area contributed by atoms with Gasteiger partial charge in [-0.15, -0.1) is 0 Å². The number of hydrogen-bond donors (Lipinski definition) is 1. The smallest absolute Gasteiger partial charge is 0.314 e. The lowest BCUT2D eigenvalue weighted by molar-refractivity contribution is 0.212. The van der Waals surface area contributed by atoms with Crippen molar-refractivity contribution in [2.24, 2.45) is 5.73 Å². The Morgan fingerprint density at radius 1 is 1.17 bits per heavy atom. The summed E-state index contributed by atoms with van der Waals surface area (Å²) in [7, 11) is -3.41. The van der Waals surface area contributed by atoms with E-state index in [1.54, 1.807) is 32.0 Å². The zero-order valence-electron chi connectivity index (χ0n) is 10.2. The van der Waals surface area contributed by atoms with Crippen molar-refractivity contribution in [2.75, 3.05) is 13.2 Å². The van der Waals surface area contributed by atoms with Crippen LogP contribution in [0.4, 0.5) is 0 Å². The Morgan fingerprint density at radius 2 is 1.61 bits per heavy atom. The minimum Gasteiger partial charge on any atom is -0.314 e. The summed E-state index contributed by atoms with van der Waals surface area (Å²) >= 11 is 11.8. The van der Waals surface area contributed by atoms with Gasteiger partial charge in [0.05, 0.1) is 13.2 Å². The van der Waals surface area contributed by atoms with Gasteiger partial charge in [0, 0.05) is 10.0 Å². The first-order valence-electron chi connectivity index (χ1n) is 5.53. The molecule has 2 N–H and O–H groups in total. The van der Waals surface area contributed by atoms with E-state index >= 15 is 0 Å². The van der Waals surface area contributed by atoms with Crippen LogP contribution in [0, 0.1) is 0 Å². The molecule has 0 aromatic heterocycles. The third-order valence-corrected chi connectivity index (χ3v) is 4.84. The maximum atomic E-state index is 12.5. The largest absolute Gasteiger partial charge is 0.351 e. The Balaban J connectivity index is 3.09. The van der Waals surface area contributed by atoms with Crippen molar-refractivity contribution < 1.29 is 13.6 Å². The van der Waals surface area contributed by atoms with E-state index in [9.17, 15) is 4.57 Å². The lowest BCUT2D eigenvalue weighted by Crippen LogP contribution is -2.15. The molecule has 1 aromatic carbocycles. The van der Waals surface area contributed by atoms with E-state index in [1.165, 1.54) is 0 Å². The lowest BCUT2D eigenvalue weighted by atomic mass is 10.2. The molecule has 1 rings (SSSR count). The van der Waals surface area contributed by atoms with E-state index in [0.717, 1.165) is 0 Å². The van der Waals surface area contributed by atoms with Crippen LogP contribution in [0.1, 0.15) is 25.2 Å². The molecule has 0 amide bonds. The molecule has 0 heterocycles. The van der Waals surface area contributed by atoms with Gasteiger partial charge in [-0.05, 0) is 37.6 Å². The number of nitrogens with two attached hydrogens (primary N) is 1. The molecule has 7 heteroatoms. The molecule has 0 unspecified atom stereocenters. The normalized spacial score (nSPS) is 13.6. The molecule has 0 spiro atoms. The molecule has 4 nitrogen and oxygen atoms in total. The summed E-state index contributed by atoms with van der Waals surface area (Å²) < 4.78 is 22.9. The van der Waals surface area contributed by atoms with Crippen molar-refractivity contribution in [1.29, 1.82) is 0 Å². The average Bonchev–Trinajstić information content (AvgIpc) is 2.27. The van der Waals surface area contributed by atoms with E-state index in [0.29, 0.717) is 15.6 Å². The van der Waals surface area contributed by atoms with Gasteiger partial charge in [-0.3, -0.25) is 4.57 Å². The van der Waals surface area contributed by atoms with Crippen LogP contribution in [0.2, 0.25) is 10.0 Å². The molecule has 0 aliphatic heterocycles. The molecule has 18 heavy (non-hydrogen) atoms. The molecule has 0 radical (unpaired) electrons. The second kappa shape index (κ2) is 6.90. The first-order valence-corrected chi connectivity index (χ1v) is 7.90. The third kappa shape index (κ3) is 3.95. The van der Waals surface area contributed by atoms with Gasteiger partial charge in [0.25, 0.3) is 0 Å². The molecule has 0 saturated carbocycles. The van der Waals surface area contributed by atoms with Crippen LogP contribution in [-0.4, -0.2) is 13.2 Å². The van der Waals surface area contributed by atoms with Crippen LogP contribution in [0.25, 0.3) is 0 Å². The fourth-order valence-electron chi connectivity index (χ4n) is 1.49. The van der Waals surface area contributed by atoms with E-state index in [-0.39, 0.29) is 13.2 Å². The van der Waals surface area contributed by atoms with E-state index in [1.807, 2.05) is 0 Å². The van der Waals surface area contributed by atoms with Crippen LogP contribution in [0.5, 0.6) is 0 Å². The molecule has 0 aliphatic carbocycles. The molecule has 0 bridgehead atoms. The third-order valence-electron chi connectivity index (χ3n) is 2.19. The Bertz CT molecular complexity index is 426. The average molecular weight is 312 g/mol. The molecule has 0 saturated heterocycles. The molecule has 0 aliphatic rings. The van der Waals surface area contributed by atoms with Gasteiger partial charge in [0.1, 0.15) is 5.78 Å². The number of rotatable bonds is 6. The minimum atomic E-state index is -3.41. The highest BCUT2D eigenvalue weighted by molar-refractivity contribution is 7.54. The Labute approximate surface area is 117 Å². The predicted octanol–water partition coefficient (Wildman–Crippen LogP) is 4.22. The van der Waals surface area contributed by atoms with Crippen LogP contribution in [0.15, 0.2) is 18.2 Å². The maximum Gasteiger partial charge on any atom is 0.351 e. The van der Waals surface area contributed by atoms with E-state index in [2.05, 4.69) is 0 Å². The van der Waals surface area contributed by atoms with Crippen molar-refractivity contribution in [1.82, 2.24) is 0 Å². The molecule has 0 fully saturated rings. The minimum absolute atomic E-state index is 0.249. The molecule has 102 valence electrons. The Morgan fingerprint density at radius 3 is 2.00 bits per heavy atom. The summed E-state index contributed by atoms with van der Waals surface area (Å²) in [5, 5.41) is 0.847. The quantitative estimate of drug-likeness (QED) is 0.799. The highest BCUT2D eigenvalue weighted by atomic mass is 35.5. The highest BCUT2D eigenvalue weighted by Crippen LogP contribution is 2.58. The summed E-state index contributed by atoms with van der Waals surface area (Å²) in [6, 6.07) is 4.77. The van der Waals surface area contributed by atoms with Gasteiger partial charge in [0.2, 0.25) is 0 Å². The molecular formula is C11H16Cl2NO3P. The summed E-state index contributed by atoms with van der Waals surface area (Å²) in [4.78, 5) is 0. The van der Waals surface area contributed by atoms with E-state index < -0.39 is 13.4 Å². The Kier molecular flexibility index (Phi) is 6.12. The highest BCUT2D eigenvalue weighted by Gasteiger charge is 2.34. The van der Waals surface area contributed by atoms with Crippen LogP contribution in [-0.2, 0) is 13.6 Å². The molecule has 1 atom stereocenters. The second-order valence-corrected chi connectivity index (χ2v) is 6.55. The number of halogens is 2.